The first kappa shape index (κ1) is 15.6. The second-order valence-electron chi connectivity index (χ2n) is 4.77. The van der Waals surface area contributed by atoms with Crippen molar-refractivity contribution in [1.82, 2.24) is 14.9 Å². The molecule has 1 heterocycles. The van der Waals surface area contributed by atoms with Gasteiger partial charge in [-0.2, -0.15) is 14.9 Å². The van der Waals surface area contributed by atoms with Crippen molar-refractivity contribution in [1.29, 1.82) is 0 Å². The van der Waals surface area contributed by atoms with Gasteiger partial charge < -0.3 is 5.11 Å². The Labute approximate surface area is 140 Å². The van der Waals surface area contributed by atoms with Crippen LogP contribution in [0.5, 0.6) is 5.75 Å². The fourth-order valence-electron chi connectivity index (χ4n) is 2.08. The van der Waals surface area contributed by atoms with E-state index in [1.807, 2.05) is 0 Å². The van der Waals surface area contributed by atoms with Gasteiger partial charge in [-0.25, -0.2) is 5.10 Å². The molecular formula is C15H11N5O3S. The summed E-state index contributed by atoms with van der Waals surface area (Å²) < 4.78 is 1.60. The first-order chi connectivity index (χ1) is 11.6. The molecule has 2 aromatic carbocycles. The number of phenolic OH excluding ortho intramolecular Hbond substituents is 1. The summed E-state index contributed by atoms with van der Waals surface area (Å²) in [4.78, 5) is 10.6. The van der Waals surface area contributed by atoms with Gasteiger partial charge in [0.15, 0.2) is 5.82 Å². The molecule has 3 rings (SSSR count). The Morgan fingerprint density at radius 3 is 2.67 bits per heavy atom. The highest BCUT2D eigenvalue weighted by Crippen LogP contribution is 2.21. The molecule has 0 aliphatic rings. The molecule has 0 spiro atoms. The first-order valence-corrected chi connectivity index (χ1v) is 7.21. The minimum atomic E-state index is -0.475. The van der Waals surface area contributed by atoms with E-state index in [0.29, 0.717) is 17.0 Å². The first-order valence-electron chi connectivity index (χ1n) is 6.81. The third-order valence-corrected chi connectivity index (χ3v) is 3.49. The Morgan fingerprint density at radius 2 is 1.96 bits per heavy atom. The summed E-state index contributed by atoms with van der Waals surface area (Å²) in [7, 11) is 0. The van der Waals surface area contributed by atoms with Crippen molar-refractivity contribution in [3.63, 3.8) is 0 Å². The summed E-state index contributed by atoms with van der Waals surface area (Å²) in [5.41, 5.74) is 0.976. The summed E-state index contributed by atoms with van der Waals surface area (Å²) in [6, 6.07) is 12.6. The van der Waals surface area contributed by atoms with Crippen LogP contribution < -0.4 is 0 Å². The van der Waals surface area contributed by atoms with Crippen molar-refractivity contribution in [3.8, 4) is 17.1 Å². The molecule has 0 aliphatic carbocycles. The van der Waals surface area contributed by atoms with E-state index in [4.69, 9.17) is 12.2 Å². The zero-order valence-corrected chi connectivity index (χ0v) is 13.0. The van der Waals surface area contributed by atoms with E-state index < -0.39 is 4.92 Å². The van der Waals surface area contributed by atoms with Crippen LogP contribution >= 0.6 is 12.2 Å². The quantitative estimate of drug-likeness (QED) is 0.328. The summed E-state index contributed by atoms with van der Waals surface area (Å²) in [5.74, 6) is 0.553. The molecule has 1 aromatic heterocycles. The lowest BCUT2D eigenvalue weighted by molar-refractivity contribution is -0.385. The minimum absolute atomic E-state index is 0.0533. The van der Waals surface area contributed by atoms with Crippen LogP contribution in [0.15, 0.2) is 53.6 Å². The highest BCUT2D eigenvalue weighted by atomic mass is 32.1. The molecule has 120 valence electrons. The number of H-pyrrole nitrogens is 1. The molecular weight excluding hydrogens is 330 g/mol. The van der Waals surface area contributed by atoms with Crippen molar-refractivity contribution in [2.45, 2.75) is 0 Å². The Morgan fingerprint density at radius 1 is 1.25 bits per heavy atom. The number of nitro groups is 1. The topological polar surface area (TPSA) is 109 Å². The third kappa shape index (κ3) is 3.06. The number of aromatic amines is 1. The summed E-state index contributed by atoms with van der Waals surface area (Å²) >= 11 is 5.15. The summed E-state index contributed by atoms with van der Waals surface area (Å²) in [6.45, 7) is 0. The molecule has 3 aromatic rings. The van der Waals surface area contributed by atoms with E-state index in [9.17, 15) is 15.2 Å². The van der Waals surface area contributed by atoms with Crippen molar-refractivity contribution >= 4 is 24.1 Å². The Bertz CT molecular complexity index is 975. The van der Waals surface area contributed by atoms with E-state index in [1.165, 1.54) is 29.1 Å². The number of aromatic nitrogens is 3. The fraction of sp³-hybridized carbons (Fsp3) is 0. The molecule has 0 bridgehead atoms. The van der Waals surface area contributed by atoms with Gasteiger partial charge in [0.2, 0.25) is 4.77 Å². The van der Waals surface area contributed by atoms with Gasteiger partial charge in [-0.15, -0.1) is 0 Å². The number of hydrogen-bond acceptors (Lipinski definition) is 6. The van der Waals surface area contributed by atoms with Crippen LogP contribution in [0.2, 0.25) is 0 Å². The van der Waals surface area contributed by atoms with Crippen molar-refractivity contribution in [3.05, 3.63) is 69.0 Å². The van der Waals surface area contributed by atoms with Crippen LogP contribution in [0.3, 0.4) is 0 Å². The molecule has 0 unspecified atom stereocenters. The largest absolute Gasteiger partial charge is 0.508 e. The molecule has 0 radical (unpaired) electrons. The van der Waals surface area contributed by atoms with E-state index >= 15 is 0 Å². The lowest BCUT2D eigenvalue weighted by Gasteiger charge is -2.01. The van der Waals surface area contributed by atoms with E-state index in [2.05, 4.69) is 15.3 Å². The van der Waals surface area contributed by atoms with Crippen LogP contribution in [0.1, 0.15) is 5.56 Å². The number of nitrogens with zero attached hydrogens (tertiary/aromatic N) is 4. The Kier molecular flexibility index (Phi) is 4.17. The van der Waals surface area contributed by atoms with Crippen LogP contribution in [0, 0.1) is 14.9 Å². The standard InChI is InChI=1S/C15H11N5O3S/c21-12-7-5-10(6-8-12)14-17-18-15(24)19(14)16-9-11-3-1-2-4-13(11)20(22)23/h1-9,21H,(H,18,24)/b16-9+. The van der Waals surface area contributed by atoms with Crippen molar-refractivity contribution < 1.29 is 10.0 Å². The monoisotopic (exact) mass is 341 g/mol. The van der Waals surface area contributed by atoms with Gasteiger partial charge in [0, 0.05) is 11.6 Å². The normalized spacial score (nSPS) is 11.0. The molecule has 0 atom stereocenters. The van der Waals surface area contributed by atoms with Crippen LogP contribution in [-0.2, 0) is 0 Å². The Hall–Kier alpha value is -3.33. The molecule has 0 aliphatic heterocycles. The van der Waals surface area contributed by atoms with Crippen LogP contribution in [-0.4, -0.2) is 31.1 Å². The van der Waals surface area contributed by atoms with Gasteiger partial charge in [0.05, 0.1) is 16.7 Å². The highest BCUT2D eigenvalue weighted by Gasteiger charge is 2.12. The molecule has 24 heavy (non-hydrogen) atoms. The fourth-order valence-corrected chi connectivity index (χ4v) is 2.26. The van der Waals surface area contributed by atoms with E-state index in [1.54, 1.807) is 30.3 Å². The van der Waals surface area contributed by atoms with Gasteiger partial charge in [0.25, 0.3) is 5.69 Å². The van der Waals surface area contributed by atoms with E-state index in [-0.39, 0.29) is 16.2 Å². The number of hydrogen-bond donors (Lipinski definition) is 2. The average Bonchev–Trinajstić information content (AvgIpc) is 2.94. The SMILES string of the molecule is O=[N+]([O-])c1ccccc1/C=N/n1c(-c2ccc(O)cc2)n[nH]c1=S. The second kappa shape index (κ2) is 6.42. The lowest BCUT2D eigenvalue weighted by Crippen LogP contribution is -1.97. The number of nitrogens with one attached hydrogen (secondary N) is 1. The van der Waals surface area contributed by atoms with Crippen molar-refractivity contribution in [2.24, 2.45) is 5.10 Å². The van der Waals surface area contributed by atoms with Gasteiger partial charge in [0.1, 0.15) is 5.75 Å². The van der Waals surface area contributed by atoms with Crippen LogP contribution in [0.4, 0.5) is 5.69 Å². The van der Waals surface area contributed by atoms with Crippen molar-refractivity contribution in [2.75, 3.05) is 0 Å². The lowest BCUT2D eigenvalue weighted by atomic mass is 10.2. The molecule has 2 N–H and O–H groups in total. The van der Waals surface area contributed by atoms with Gasteiger partial charge >= 0.3 is 0 Å². The molecule has 9 heteroatoms. The number of rotatable bonds is 4. The van der Waals surface area contributed by atoms with Gasteiger partial charge in [-0.05, 0) is 42.5 Å². The molecule has 0 amide bonds. The smallest absolute Gasteiger partial charge is 0.278 e. The molecule has 0 saturated heterocycles. The van der Waals surface area contributed by atoms with Gasteiger partial charge in [-0.3, -0.25) is 10.1 Å². The van der Waals surface area contributed by atoms with Crippen LogP contribution in [0.25, 0.3) is 11.4 Å². The average molecular weight is 341 g/mol. The van der Waals surface area contributed by atoms with E-state index in [0.717, 1.165) is 0 Å². The highest BCUT2D eigenvalue weighted by molar-refractivity contribution is 7.71. The molecule has 0 saturated carbocycles. The molecule has 8 nitrogen and oxygen atoms in total. The number of phenols is 1. The third-order valence-electron chi connectivity index (χ3n) is 3.22. The maximum Gasteiger partial charge on any atom is 0.278 e. The summed E-state index contributed by atoms with van der Waals surface area (Å²) in [5, 5.41) is 31.3. The minimum Gasteiger partial charge on any atom is -0.508 e. The number of benzene rings is 2. The number of para-hydroxylation sites is 1. The zero-order valence-electron chi connectivity index (χ0n) is 12.2. The van der Waals surface area contributed by atoms with Gasteiger partial charge in [-0.1, -0.05) is 12.1 Å². The zero-order chi connectivity index (χ0) is 17.1. The second-order valence-corrected chi connectivity index (χ2v) is 5.16. The Balaban J connectivity index is 2.03. The number of aromatic hydroxyl groups is 1. The number of nitro benzene ring substituents is 1. The predicted octanol–water partition coefficient (Wildman–Crippen LogP) is 3.10. The maximum absolute atomic E-state index is 11.0. The summed E-state index contributed by atoms with van der Waals surface area (Å²) in [6.07, 6.45) is 1.35. The maximum atomic E-state index is 11.0. The predicted molar refractivity (Wildman–Crippen MR) is 90.6 cm³/mol. The molecule has 0 fully saturated rings.